The fraction of sp³-hybridized carbons (Fsp3) is 0.500. The lowest BCUT2D eigenvalue weighted by atomic mass is 10.2. The number of rotatable bonds is 3. The summed E-state index contributed by atoms with van der Waals surface area (Å²) in [5.41, 5.74) is 6.30. The highest BCUT2D eigenvalue weighted by molar-refractivity contribution is 7.89. The van der Waals surface area contributed by atoms with Crippen LogP contribution < -0.4 is 5.73 Å². The van der Waals surface area contributed by atoms with E-state index in [9.17, 15) is 8.42 Å². The number of nitrogens with two attached hydrogens (primary N) is 1. The predicted molar refractivity (Wildman–Crippen MR) is 71.9 cm³/mol. The zero-order valence-electron chi connectivity index (χ0n) is 10.3. The summed E-state index contributed by atoms with van der Waals surface area (Å²) in [6.07, 6.45) is 0.896. The first-order valence-electron chi connectivity index (χ1n) is 5.94. The summed E-state index contributed by atoms with van der Waals surface area (Å²) in [4.78, 5) is 0.168. The molecule has 2 N–H and O–H groups in total. The molecule has 0 spiro atoms. The first-order valence-corrected chi connectivity index (χ1v) is 7.75. The Kier molecular flexibility index (Phi) is 3.96. The van der Waals surface area contributed by atoms with Gasteiger partial charge in [-0.15, -0.1) is 0 Å². The lowest BCUT2D eigenvalue weighted by Gasteiger charge is -2.17. The molecule has 4 nitrogen and oxygen atoms in total. The van der Waals surface area contributed by atoms with E-state index < -0.39 is 10.0 Å². The largest absolute Gasteiger partial charge is 0.326 e. The molecular formula is C12H17ClN2O2S. The smallest absolute Gasteiger partial charge is 0.244 e. The topological polar surface area (TPSA) is 63.4 Å². The van der Waals surface area contributed by atoms with E-state index in [1.807, 2.05) is 6.92 Å². The standard InChI is InChI=1S/C12H17ClN2O2S/c1-9-4-5-15(8-9)18(16,17)12-6-10(7-14)2-3-11(12)13/h2-3,6,9H,4-5,7-8,14H2,1H3. The van der Waals surface area contributed by atoms with Gasteiger partial charge in [0.25, 0.3) is 0 Å². The van der Waals surface area contributed by atoms with Gasteiger partial charge in [-0.3, -0.25) is 0 Å². The monoisotopic (exact) mass is 288 g/mol. The van der Waals surface area contributed by atoms with Crippen LogP contribution in [-0.2, 0) is 16.6 Å². The van der Waals surface area contributed by atoms with Crippen LogP contribution in [0.25, 0.3) is 0 Å². The van der Waals surface area contributed by atoms with Gasteiger partial charge in [0.1, 0.15) is 4.90 Å². The van der Waals surface area contributed by atoms with Gasteiger partial charge in [0.2, 0.25) is 10.0 Å². The highest BCUT2D eigenvalue weighted by Crippen LogP contribution is 2.29. The van der Waals surface area contributed by atoms with Crippen molar-refractivity contribution in [2.45, 2.75) is 24.8 Å². The van der Waals surface area contributed by atoms with E-state index >= 15 is 0 Å². The Hall–Kier alpha value is -0.620. The Morgan fingerprint density at radius 2 is 2.22 bits per heavy atom. The lowest BCUT2D eigenvalue weighted by Crippen LogP contribution is -2.29. The molecule has 1 fully saturated rings. The molecule has 1 atom stereocenters. The van der Waals surface area contributed by atoms with Crippen LogP contribution in [0.2, 0.25) is 5.02 Å². The highest BCUT2D eigenvalue weighted by Gasteiger charge is 2.32. The summed E-state index contributed by atoms with van der Waals surface area (Å²) in [6, 6.07) is 4.91. The summed E-state index contributed by atoms with van der Waals surface area (Å²) in [7, 11) is -3.49. The van der Waals surface area contributed by atoms with Gasteiger partial charge in [-0.25, -0.2) is 8.42 Å². The molecule has 0 radical (unpaired) electrons. The van der Waals surface area contributed by atoms with Crippen LogP contribution in [0.15, 0.2) is 23.1 Å². The van der Waals surface area contributed by atoms with Gasteiger partial charge in [-0.2, -0.15) is 4.31 Å². The molecule has 1 aromatic rings. The molecule has 0 amide bonds. The van der Waals surface area contributed by atoms with Crippen molar-refractivity contribution >= 4 is 21.6 Å². The molecule has 6 heteroatoms. The van der Waals surface area contributed by atoms with Gasteiger partial charge in [0.05, 0.1) is 5.02 Å². The van der Waals surface area contributed by atoms with Crippen molar-refractivity contribution in [2.24, 2.45) is 11.7 Å². The molecule has 1 saturated heterocycles. The minimum atomic E-state index is -3.49. The lowest BCUT2D eigenvalue weighted by molar-refractivity contribution is 0.464. The zero-order valence-corrected chi connectivity index (χ0v) is 11.8. The van der Waals surface area contributed by atoms with Crippen LogP contribution in [0.4, 0.5) is 0 Å². The van der Waals surface area contributed by atoms with E-state index in [1.165, 1.54) is 4.31 Å². The van der Waals surface area contributed by atoms with Crippen LogP contribution in [0, 0.1) is 5.92 Å². The number of sulfonamides is 1. The van der Waals surface area contributed by atoms with Crippen LogP contribution in [-0.4, -0.2) is 25.8 Å². The molecule has 0 bridgehead atoms. The van der Waals surface area contributed by atoms with Crippen molar-refractivity contribution in [3.63, 3.8) is 0 Å². The van der Waals surface area contributed by atoms with Crippen LogP contribution in [0.5, 0.6) is 0 Å². The summed E-state index contributed by atoms with van der Waals surface area (Å²) in [5, 5.41) is 0.256. The summed E-state index contributed by atoms with van der Waals surface area (Å²) >= 11 is 6.01. The van der Waals surface area contributed by atoms with Crippen molar-refractivity contribution in [3.05, 3.63) is 28.8 Å². The Morgan fingerprint density at radius 1 is 1.50 bits per heavy atom. The molecule has 1 aromatic carbocycles. The summed E-state index contributed by atoms with van der Waals surface area (Å²) < 4.78 is 26.4. The molecule has 1 unspecified atom stereocenters. The molecule has 0 aliphatic carbocycles. The van der Waals surface area contributed by atoms with E-state index in [0.717, 1.165) is 12.0 Å². The van der Waals surface area contributed by atoms with Crippen molar-refractivity contribution in [1.29, 1.82) is 0 Å². The molecule has 18 heavy (non-hydrogen) atoms. The average molecular weight is 289 g/mol. The fourth-order valence-corrected chi connectivity index (χ4v) is 4.22. The zero-order chi connectivity index (χ0) is 13.3. The highest BCUT2D eigenvalue weighted by atomic mass is 35.5. The third kappa shape index (κ3) is 2.54. The van der Waals surface area contributed by atoms with E-state index in [4.69, 9.17) is 17.3 Å². The van der Waals surface area contributed by atoms with Gasteiger partial charge >= 0.3 is 0 Å². The maximum Gasteiger partial charge on any atom is 0.244 e. The van der Waals surface area contributed by atoms with Gasteiger partial charge < -0.3 is 5.73 Å². The maximum absolute atomic E-state index is 12.5. The number of halogens is 1. The maximum atomic E-state index is 12.5. The Morgan fingerprint density at radius 3 is 2.78 bits per heavy atom. The van der Waals surface area contributed by atoms with E-state index in [2.05, 4.69) is 0 Å². The number of hydrogen-bond acceptors (Lipinski definition) is 3. The first-order chi connectivity index (χ1) is 8.45. The van der Waals surface area contributed by atoms with Crippen LogP contribution >= 0.6 is 11.6 Å². The minimum absolute atomic E-state index is 0.168. The van der Waals surface area contributed by atoms with Crippen molar-refractivity contribution in [2.75, 3.05) is 13.1 Å². The van der Waals surface area contributed by atoms with Crippen molar-refractivity contribution < 1.29 is 8.42 Å². The van der Waals surface area contributed by atoms with E-state index in [-0.39, 0.29) is 9.92 Å². The molecule has 100 valence electrons. The predicted octanol–water partition coefficient (Wildman–Crippen LogP) is 1.83. The molecule has 1 aliphatic rings. The average Bonchev–Trinajstić information content (AvgIpc) is 2.77. The second kappa shape index (κ2) is 5.17. The van der Waals surface area contributed by atoms with Crippen molar-refractivity contribution in [3.8, 4) is 0 Å². The number of hydrogen-bond donors (Lipinski definition) is 1. The van der Waals surface area contributed by atoms with Gasteiger partial charge in [-0.1, -0.05) is 24.6 Å². The number of benzene rings is 1. The third-order valence-corrected chi connectivity index (χ3v) is 5.58. The molecule has 1 aliphatic heterocycles. The summed E-state index contributed by atoms with van der Waals surface area (Å²) in [6.45, 7) is 3.47. The van der Waals surface area contributed by atoms with E-state index in [1.54, 1.807) is 18.2 Å². The minimum Gasteiger partial charge on any atom is -0.326 e. The van der Waals surface area contributed by atoms with Crippen LogP contribution in [0.3, 0.4) is 0 Å². The SMILES string of the molecule is CC1CCN(S(=O)(=O)c2cc(CN)ccc2Cl)C1. The van der Waals surface area contributed by atoms with Gasteiger partial charge in [0.15, 0.2) is 0 Å². The third-order valence-electron chi connectivity index (χ3n) is 3.24. The van der Waals surface area contributed by atoms with Crippen molar-refractivity contribution in [1.82, 2.24) is 4.31 Å². The Labute approximate surface area is 113 Å². The van der Waals surface area contributed by atoms with Crippen LogP contribution in [0.1, 0.15) is 18.9 Å². The summed E-state index contributed by atoms with van der Waals surface area (Å²) in [5.74, 6) is 0.399. The van der Waals surface area contributed by atoms with Gasteiger partial charge in [0, 0.05) is 19.6 Å². The Balaban J connectivity index is 2.40. The molecular weight excluding hydrogens is 272 g/mol. The molecule has 0 aromatic heterocycles. The first kappa shape index (κ1) is 13.8. The second-order valence-electron chi connectivity index (χ2n) is 4.73. The fourth-order valence-electron chi connectivity index (χ4n) is 2.12. The normalized spacial score (nSPS) is 21.4. The quantitative estimate of drug-likeness (QED) is 0.923. The Bertz CT molecular complexity index is 545. The van der Waals surface area contributed by atoms with Gasteiger partial charge in [-0.05, 0) is 30.0 Å². The number of nitrogens with zero attached hydrogens (tertiary/aromatic N) is 1. The molecule has 2 rings (SSSR count). The molecule has 0 saturated carbocycles. The van der Waals surface area contributed by atoms with E-state index in [0.29, 0.717) is 25.6 Å². The second-order valence-corrected chi connectivity index (χ2v) is 7.04. The molecule has 1 heterocycles.